The zero-order valence-corrected chi connectivity index (χ0v) is 9.89. The van der Waals surface area contributed by atoms with Crippen LogP contribution in [0.2, 0.25) is 5.02 Å². The molecule has 0 amide bonds. The zero-order valence-electron chi connectivity index (χ0n) is 8.38. The van der Waals surface area contributed by atoms with Crippen LogP contribution in [0.1, 0.15) is 31.2 Å². The van der Waals surface area contributed by atoms with Gasteiger partial charge in [-0.2, -0.15) is 0 Å². The molecule has 1 aliphatic rings. The van der Waals surface area contributed by atoms with E-state index in [9.17, 15) is 0 Å². The number of halogens is 2. The van der Waals surface area contributed by atoms with Gasteiger partial charge in [-0.1, -0.05) is 11.6 Å². The Morgan fingerprint density at radius 3 is 2.80 bits per heavy atom. The van der Waals surface area contributed by atoms with Crippen molar-refractivity contribution in [1.29, 1.82) is 0 Å². The lowest BCUT2D eigenvalue weighted by Crippen LogP contribution is -2.11. The van der Waals surface area contributed by atoms with Crippen molar-refractivity contribution in [3.8, 4) is 5.88 Å². The molecule has 2 nitrogen and oxygen atoms in total. The van der Waals surface area contributed by atoms with Crippen molar-refractivity contribution in [3.63, 3.8) is 0 Å². The van der Waals surface area contributed by atoms with E-state index < -0.39 is 0 Å². The Morgan fingerprint density at radius 2 is 2.13 bits per heavy atom. The number of pyridine rings is 1. The van der Waals surface area contributed by atoms with Gasteiger partial charge >= 0.3 is 0 Å². The van der Waals surface area contributed by atoms with Crippen LogP contribution in [0.25, 0.3) is 0 Å². The van der Waals surface area contributed by atoms with E-state index in [1.807, 2.05) is 6.07 Å². The molecule has 0 bridgehead atoms. The number of nitrogens with zero attached hydrogens (tertiary/aromatic N) is 1. The van der Waals surface area contributed by atoms with E-state index in [4.69, 9.17) is 27.9 Å². The Balaban J connectivity index is 2.07. The van der Waals surface area contributed by atoms with E-state index in [-0.39, 0.29) is 0 Å². The molecule has 1 heterocycles. The molecule has 0 unspecified atom stereocenters. The lowest BCUT2D eigenvalue weighted by atomic mass is 10.3. The Bertz CT molecular complexity index is 337. The largest absolute Gasteiger partial charge is 0.474 e. The molecule has 0 N–H and O–H groups in total. The maximum atomic E-state index is 5.91. The van der Waals surface area contributed by atoms with Gasteiger partial charge in [-0.3, -0.25) is 0 Å². The average Bonchev–Trinajstić information content (AvgIpc) is 2.73. The highest BCUT2D eigenvalue weighted by Crippen LogP contribution is 2.25. The Kier molecular flexibility index (Phi) is 3.71. The third-order valence-corrected chi connectivity index (χ3v) is 3.27. The van der Waals surface area contributed by atoms with Crippen LogP contribution >= 0.6 is 23.2 Å². The minimum absolute atomic E-state index is 0.321. The Morgan fingerprint density at radius 1 is 1.40 bits per heavy atom. The summed E-state index contributed by atoms with van der Waals surface area (Å²) in [6.45, 7) is 0. The van der Waals surface area contributed by atoms with Gasteiger partial charge in [-0.15, -0.1) is 11.6 Å². The number of aromatic nitrogens is 1. The van der Waals surface area contributed by atoms with Crippen molar-refractivity contribution < 1.29 is 4.74 Å². The topological polar surface area (TPSA) is 22.1 Å². The van der Waals surface area contributed by atoms with Crippen molar-refractivity contribution in [2.24, 2.45) is 0 Å². The normalized spacial score (nSPS) is 16.9. The summed E-state index contributed by atoms with van der Waals surface area (Å²) in [7, 11) is 0. The number of hydrogen-bond donors (Lipinski definition) is 0. The summed E-state index contributed by atoms with van der Waals surface area (Å²) in [5.41, 5.74) is 0.876. The molecule has 15 heavy (non-hydrogen) atoms. The summed E-state index contributed by atoms with van der Waals surface area (Å²) in [5.74, 6) is 1.03. The summed E-state index contributed by atoms with van der Waals surface area (Å²) in [6, 6.07) is 1.83. The van der Waals surface area contributed by atoms with Gasteiger partial charge in [-0.05, 0) is 31.2 Å². The van der Waals surface area contributed by atoms with Gasteiger partial charge in [0.25, 0.3) is 0 Å². The highest BCUT2D eigenvalue weighted by molar-refractivity contribution is 6.32. The van der Waals surface area contributed by atoms with Crippen molar-refractivity contribution in [2.45, 2.75) is 37.7 Å². The number of hydrogen-bond acceptors (Lipinski definition) is 2. The van der Waals surface area contributed by atoms with E-state index in [2.05, 4.69) is 4.98 Å². The third kappa shape index (κ3) is 2.76. The van der Waals surface area contributed by atoms with Gasteiger partial charge in [0.05, 0.1) is 5.02 Å². The first-order valence-corrected chi connectivity index (χ1v) is 6.08. The van der Waals surface area contributed by atoms with Crippen molar-refractivity contribution in [2.75, 3.05) is 0 Å². The SMILES string of the molecule is ClCc1cc(OC2CCCC2)ncc1Cl. The van der Waals surface area contributed by atoms with Crippen molar-refractivity contribution >= 4 is 23.2 Å². The molecule has 1 saturated carbocycles. The number of alkyl halides is 1. The Hall–Kier alpha value is -0.470. The highest BCUT2D eigenvalue weighted by atomic mass is 35.5. The minimum Gasteiger partial charge on any atom is -0.474 e. The molecule has 1 aromatic rings. The second-order valence-electron chi connectivity index (χ2n) is 3.77. The van der Waals surface area contributed by atoms with Crippen LogP contribution in [0, 0.1) is 0 Å². The smallest absolute Gasteiger partial charge is 0.213 e. The summed E-state index contributed by atoms with van der Waals surface area (Å²) < 4.78 is 5.74. The summed E-state index contributed by atoms with van der Waals surface area (Å²) in [5, 5.41) is 0.601. The molecule has 4 heteroatoms. The molecule has 1 aliphatic carbocycles. The molecule has 0 aliphatic heterocycles. The predicted molar refractivity (Wildman–Crippen MR) is 61.7 cm³/mol. The lowest BCUT2D eigenvalue weighted by Gasteiger charge is -2.12. The van der Waals surface area contributed by atoms with Crippen LogP contribution in [-0.2, 0) is 5.88 Å². The maximum Gasteiger partial charge on any atom is 0.213 e. The monoisotopic (exact) mass is 245 g/mol. The molecule has 0 saturated heterocycles. The molecule has 0 spiro atoms. The fourth-order valence-corrected chi connectivity index (χ4v) is 2.26. The quantitative estimate of drug-likeness (QED) is 0.757. The van der Waals surface area contributed by atoms with Crippen molar-refractivity contribution in [1.82, 2.24) is 4.98 Å². The van der Waals surface area contributed by atoms with Gasteiger partial charge in [0.1, 0.15) is 6.10 Å². The van der Waals surface area contributed by atoms with Crippen LogP contribution in [0.3, 0.4) is 0 Å². The van der Waals surface area contributed by atoms with Crippen LogP contribution in [0.15, 0.2) is 12.3 Å². The summed E-state index contributed by atoms with van der Waals surface area (Å²) in [4.78, 5) is 4.14. The van der Waals surface area contributed by atoms with Gasteiger partial charge in [0.15, 0.2) is 0 Å². The summed E-state index contributed by atoms with van der Waals surface area (Å²) in [6.07, 6.45) is 6.67. The standard InChI is InChI=1S/C11H13Cl2NO/c12-6-8-5-11(14-7-10(8)13)15-9-3-1-2-4-9/h5,7,9H,1-4,6H2. The molecule has 2 rings (SSSR count). The summed E-state index contributed by atoms with van der Waals surface area (Å²) >= 11 is 11.7. The third-order valence-electron chi connectivity index (χ3n) is 2.64. The Labute approximate surface area is 99.6 Å². The van der Waals surface area contributed by atoms with Gasteiger partial charge in [0, 0.05) is 18.1 Å². The molecule has 0 aromatic carbocycles. The molecule has 0 atom stereocenters. The molecule has 1 fully saturated rings. The second kappa shape index (κ2) is 5.04. The van der Waals surface area contributed by atoms with Gasteiger partial charge in [0.2, 0.25) is 5.88 Å². The van der Waals surface area contributed by atoms with E-state index in [1.165, 1.54) is 12.8 Å². The van der Waals surface area contributed by atoms with Crippen LogP contribution in [0.4, 0.5) is 0 Å². The fourth-order valence-electron chi connectivity index (χ4n) is 1.80. The second-order valence-corrected chi connectivity index (χ2v) is 4.45. The van der Waals surface area contributed by atoms with Gasteiger partial charge < -0.3 is 4.74 Å². The first-order valence-electron chi connectivity index (χ1n) is 5.16. The molecule has 82 valence electrons. The van der Waals surface area contributed by atoms with Crippen LogP contribution in [0.5, 0.6) is 5.88 Å². The van der Waals surface area contributed by atoms with E-state index in [0.717, 1.165) is 18.4 Å². The van der Waals surface area contributed by atoms with Crippen LogP contribution < -0.4 is 4.74 Å². The first-order chi connectivity index (χ1) is 7.29. The van der Waals surface area contributed by atoms with E-state index >= 15 is 0 Å². The fraction of sp³-hybridized carbons (Fsp3) is 0.545. The average molecular weight is 246 g/mol. The zero-order chi connectivity index (χ0) is 10.7. The highest BCUT2D eigenvalue weighted by Gasteiger charge is 2.17. The molecule has 0 radical (unpaired) electrons. The predicted octanol–water partition coefficient (Wildman–Crippen LogP) is 3.80. The van der Waals surface area contributed by atoms with E-state index in [0.29, 0.717) is 22.9 Å². The van der Waals surface area contributed by atoms with Gasteiger partial charge in [-0.25, -0.2) is 4.98 Å². The molecular weight excluding hydrogens is 233 g/mol. The number of ether oxygens (including phenoxy) is 1. The molecule has 1 aromatic heterocycles. The van der Waals surface area contributed by atoms with Crippen molar-refractivity contribution in [3.05, 3.63) is 22.8 Å². The first kappa shape index (κ1) is 11.0. The molecular formula is C11H13Cl2NO. The van der Waals surface area contributed by atoms with E-state index in [1.54, 1.807) is 6.20 Å². The lowest BCUT2D eigenvalue weighted by molar-refractivity contribution is 0.201. The minimum atomic E-state index is 0.321. The number of rotatable bonds is 3. The maximum absolute atomic E-state index is 5.91. The van der Waals surface area contributed by atoms with Crippen LogP contribution in [-0.4, -0.2) is 11.1 Å².